The molecule has 150 valence electrons. The summed E-state index contributed by atoms with van der Waals surface area (Å²) in [4.78, 5) is 5.24. The SMILES string of the molecule is C.C.CC.CC.CC.CCN1C2=C([C@H](C)[C@@H]1C)N(CC)[C@@H](C)[C@H]2C. The Hall–Kier alpha value is -0.660. The van der Waals surface area contributed by atoms with Gasteiger partial charge in [-0.15, -0.1) is 0 Å². The molecule has 4 atom stereocenters. The fourth-order valence-corrected chi connectivity index (χ4v) is 3.64. The second-order valence-electron chi connectivity index (χ2n) is 5.40. The minimum atomic E-state index is 0. The van der Waals surface area contributed by atoms with E-state index in [9.17, 15) is 0 Å². The van der Waals surface area contributed by atoms with Crippen LogP contribution in [0, 0.1) is 11.8 Å². The second-order valence-corrected chi connectivity index (χ2v) is 5.40. The molecule has 0 aromatic carbocycles. The summed E-state index contributed by atoms with van der Waals surface area (Å²) < 4.78 is 0. The number of hydrogen-bond acceptors (Lipinski definition) is 2. The van der Waals surface area contributed by atoms with Crippen molar-refractivity contribution >= 4 is 0 Å². The molecule has 2 aliphatic heterocycles. The summed E-state index contributed by atoms with van der Waals surface area (Å²) in [6.45, 7) is 28.4. The normalized spacial score (nSPS) is 26.5. The Kier molecular flexibility index (Phi) is 20.6. The number of rotatable bonds is 2. The lowest BCUT2D eigenvalue weighted by Gasteiger charge is -2.35. The van der Waals surface area contributed by atoms with E-state index in [-0.39, 0.29) is 14.9 Å². The van der Waals surface area contributed by atoms with Crippen LogP contribution in [0.3, 0.4) is 0 Å². The molecular weight excluding hydrogens is 292 g/mol. The summed E-state index contributed by atoms with van der Waals surface area (Å²) in [7, 11) is 0. The third-order valence-electron chi connectivity index (χ3n) is 4.86. The lowest BCUT2D eigenvalue weighted by Crippen LogP contribution is -2.39. The molecule has 0 spiro atoms. The topological polar surface area (TPSA) is 6.48 Å². The predicted molar refractivity (Wildman–Crippen MR) is 117 cm³/mol. The zero-order chi connectivity index (χ0) is 18.0. The lowest BCUT2D eigenvalue weighted by molar-refractivity contribution is 0.183. The van der Waals surface area contributed by atoms with Crippen LogP contribution in [0.25, 0.3) is 0 Å². The maximum Gasteiger partial charge on any atom is 0.0383 e. The number of hydrogen-bond donors (Lipinski definition) is 0. The summed E-state index contributed by atoms with van der Waals surface area (Å²) in [5.74, 6) is 1.39. The third kappa shape index (κ3) is 5.70. The van der Waals surface area contributed by atoms with E-state index in [0.717, 1.165) is 13.1 Å². The summed E-state index contributed by atoms with van der Waals surface area (Å²) in [5, 5.41) is 0. The minimum absolute atomic E-state index is 0. The Morgan fingerprint density at radius 2 is 0.792 bits per heavy atom. The molecular formula is C22H52N2. The summed E-state index contributed by atoms with van der Waals surface area (Å²) >= 11 is 0. The minimum Gasteiger partial charge on any atom is -0.370 e. The molecule has 2 heteroatoms. The quantitative estimate of drug-likeness (QED) is 0.519. The zero-order valence-electron chi connectivity index (χ0n) is 17.6. The van der Waals surface area contributed by atoms with Gasteiger partial charge in [0.05, 0.1) is 0 Å². The highest BCUT2D eigenvalue weighted by molar-refractivity contribution is 5.31. The molecule has 2 rings (SSSR count). The van der Waals surface area contributed by atoms with Gasteiger partial charge in [0.25, 0.3) is 0 Å². The molecule has 0 aliphatic carbocycles. The summed E-state index contributed by atoms with van der Waals surface area (Å²) in [6, 6.07) is 1.36. The maximum absolute atomic E-state index is 2.62. The van der Waals surface area contributed by atoms with Gasteiger partial charge in [0.15, 0.2) is 0 Å². The van der Waals surface area contributed by atoms with Crippen molar-refractivity contribution < 1.29 is 0 Å². The average molecular weight is 345 g/mol. The highest BCUT2D eigenvalue weighted by Gasteiger charge is 2.46. The standard InChI is InChI=1S/C14H26N2.3C2H6.2CH4/c1-7-15-11(5)9(3)14-13(15)10(4)12(6)16(14)8-2;3*1-2;;/h9-12H,7-8H2,1-6H3;3*1-2H3;2*1H4/t9-,10-,11+,12+;;;;;/m1...../s1. The molecule has 0 radical (unpaired) electrons. The first-order chi connectivity index (χ1) is 10.5. The first-order valence-corrected chi connectivity index (χ1v) is 9.81. The molecule has 0 saturated heterocycles. The van der Waals surface area contributed by atoms with Gasteiger partial charge in [0.2, 0.25) is 0 Å². The molecule has 2 aliphatic rings. The molecule has 0 amide bonds. The van der Waals surface area contributed by atoms with Crippen molar-refractivity contribution in [1.29, 1.82) is 0 Å². The third-order valence-corrected chi connectivity index (χ3v) is 4.86. The fourth-order valence-electron chi connectivity index (χ4n) is 3.64. The van der Waals surface area contributed by atoms with Crippen molar-refractivity contribution in [1.82, 2.24) is 9.80 Å². The van der Waals surface area contributed by atoms with Crippen LogP contribution >= 0.6 is 0 Å². The Labute approximate surface area is 156 Å². The molecule has 2 heterocycles. The molecule has 0 bridgehead atoms. The van der Waals surface area contributed by atoms with Crippen molar-refractivity contribution in [2.24, 2.45) is 11.8 Å². The van der Waals surface area contributed by atoms with Gasteiger partial charge < -0.3 is 9.80 Å². The van der Waals surface area contributed by atoms with Crippen LogP contribution in [0.2, 0.25) is 0 Å². The van der Waals surface area contributed by atoms with Gasteiger partial charge in [-0.1, -0.05) is 70.2 Å². The van der Waals surface area contributed by atoms with Crippen LogP contribution < -0.4 is 0 Å². The maximum atomic E-state index is 2.62. The van der Waals surface area contributed by atoms with Gasteiger partial charge in [-0.25, -0.2) is 0 Å². The summed E-state index contributed by atoms with van der Waals surface area (Å²) in [6.07, 6.45) is 0. The number of nitrogens with zero attached hydrogens (tertiary/aromatic N) is 2. The second kappa shape index (κ2) is 15.8. The largest absolute Gasteiger partial charge is 0.370 e. The van der Waals surface area contributed by atoms with Gasteiger partial charge in [-0.05, 0) is 27.7 Å². The summed E-state index contributed by atoms with van der Waals surface area (Å²) in [5.41, 5.74) is 3.27. The Morgan fingerprint density at radius 1 is 0.583 bits per heavy atom. The van der Waals surface area contributed by atoms with Crippen molar-refractivity contribution in [3.8, 4) is 0 Å². The van der Waals surface area contributed by atoms with E-state index in [4.69, 9.17) is 0 Å². The van der Waals surface area contributed by atoms with Gasteiger partial charge in [-0.3, -0.25) is 0 Å². The van der Waals surface area contributed by atoms with E-state index in [1.54, 1.807) is 11.4 Å². The molecule has 2 nitrogen and oxygen atoms in total. The van der Waals surface area contributed by atoms with E-state index in [1.165, 1.54) is 0 Å². The lowest BCUT2D eigenvalue weighted by atomic mass is 10.0. The van der Waals surface area contributed by atoms with Crippen molar-refractivity contribution in [3.63, 3.8) is 0 Å². The van der Waals surface area contributed by atoms with E-state index in [1.807, 2.05) is 41.5 Å². The van der Waals surface area contributed by atoms with E-state index in [2.05, 4.69) is 51.3 Å². The Balaban J connectivity index is -0.000000226. The predicted octanol–water partition coefficient (Wildman–Crippen LogP) is 7.27. The van der Waals surface area contributed by atoms with Crippen molar-refractivity contribution in [3.05, 3.63) is 11.4 Å². The Morgan fingerprint density at radius 3 is 0.958 bits per heavy atom. The highest BCUT2D eigenvalue weighted by Crippen LogP contribution is 2.46. The molecule has 0 N–H and O–H groups in total. The van der Waals surface area contributed by atoms with Crippen LogP contribution in [0.15, 0.2) is 11.4 Å². The van der Waals surface area contributed by atoms with Crippen LogP contribution in [0.1, 0.15) is 97.9 Å². The van der Waals surface area contributed by atoms with Crippen LogP contribution in [-0.2, 0) is 0 Å². The molecule has 0 unspecified atom stereocenters. The zero-order valence-corrected chi connectivity index (χ0v) is 17.6. The van der Waals surface area contributed by atoms with Gasteiger partial charge in [0.1, 0.15) is 0 Å². The molecule has 0 aromatic heterocycles. The molecule has 24 heavy (non-hydrogen) atoms. The van der Waals surface area contributed by atoms with E-state index in [0.29, 0.717) is 23.9 Å². The fraction of sp³-hybridized carbons (Fsp3) is 0.909. The van der Waals surface area contributed by atoms with Gasteiger partial charge >= 0.3 is 0 Å². The smallest absolute Gasteiger partial charge is 0.0383 e. The van der Waals surface area contributed by atoms with Crippen molar-refractivity contribution in [2.45, 2.75) is 110 Å². The van der Waals surface area contributed by atoms with Crippen LogP contribution in [0.4, 0.5) is 0 Å². The van der Waals surface area contributed by atoms with Crippen LogP contribution in [0.5, 0.6) is 0 Å². The first kappa shape index (κ1) is 31.1. The monoisotopic (exact) mass is 344 g/mol. The van der Waals surface area contributed by atoms with Gasteiger partial charge in [-0.2, -0.15) is 0 Å². The first-order valence-electron chi connectivity index (χ1n) is 9.81. The van der Waals surface area contributed by atoms with Gasteiger partial charge in [0, 0.05) is 48.4 Å². The van der Waals surface area contributed by atoms with Crippen LogP contribution in [-0.4, -0.2) is 35.0 Å². The molecule has 0 aromatic rings. The molecule has 0 saturated carbocycles. The average Bonchev–Trinajstić information content (AvgIpc) is 2.98. The van der Waals surface area contributed by atoms with E-state index < -0.39 is 0 Å². The Bertz CT molecular complexity index is 279. The molecule has 0 fully saturated rings. The highest BCUT2D eigenvalue weighted by atomic mass is 15.3. The van der Waals surface area contributed by atoms with E-state index >= 15 is 0 Å². The van der Waals surface area contributed by atoms with Crippen molar-refractivity contribution in [2.75, 3.05) is 13.1 Å².